The van der Waals surface area contributed by atoms with Crippen molar-refractivity contribution in [2.45, 2.75) is 20.3 Å². The Kier molecular flexibility index (Phi) is 3.43. The zero-order valence-corrected chi connectivity index (χ0v) is 8.55. The van der Waals surface area contributed by atoms with Crippen LogP contribution >= 0.6 is 0 Å². The van der Waals surface area contributed by atoms with E-state index < -0.39 is 17.2 Å². The molecule has 6 nitrogen and oxygen atoms in total. The highest BCUT2D eigenvalue weighted by molar-refractivity contribution is 5.72. The zero-order chi connectivity index (χ0) is 11.4. The van der Waals surface area contributed by atoms with Crippen molar-refractivity contribution in [3.05, 3.63) is 32.1 Å². The Bertz CT molecular complexity index is 472. The highest BCUT2D eigenvalue weighted by Crippen LogP contribution is 1.97. The van der Waals surface area contributed by atoms with Gasteiger partial charge in [0.05, 0.1) is 13.0 Å². The second-order valence-electron chi connectivity index (χ2n) is 2.99. The van der Waals surface area contributed by atoms with E-state index in [0.717, 1.165) is 0 Å². The van der Waals surface area contributed by atoms with Crippen LogP contribution in [-0.2, 0) is 16.0 Å². The van der Waals surface area contributed by atoms with Crippen molar-refractivity contribution in [2.24, 2.45) is 0 Å². The minimum atomic E-state index is -0.579. The number of nitrogens with one attached hydrogen (secondary N) is 2. The maximum absolute atomic E-state index is 11.3. The third-order valence-electron chi connectivity index (χ3n) is 1.88. The first kappa shape index (κ1) is 11.2. The zero-order valence-electron chi connectivity index (χ0n) is 8.55. The molecule has 0 fully saturated rings. The SMILES string of the molecule is CCOC(=O)Cc1c(C)[nH]c(=O)[nH]c1=O. The second-order valence-corrected chi connectivity index (χ2v) is 2.99. The van der Waals surface area contributed by atoms with E-state index in [-0.39, 0.29) is 18.6 Å². The van der Waals surface area contributed by atoms with Gasteiger partial charge < -0.3 is 9.72 Å². The number of aromatic nitrogens is 2. The van der Waals surface area contributed by atoms with Gasteiger partial charge in [-0.3, -0.25) is 14.6 Å². The minimum Gasteiger partial charge on any atom is -0.466 e. The van der Waals surface area contributed by atoms with Gasteiger partial charge in [-0.2, -0.15) is 0 Å². The molecular weight excluding hydrogens is 200 g/mol. The molecule has 0 aromatic carbocycles. The molecule has 15 heavy (non-hydrogen) atoms. The summed E-state index contributed by atoms with van der Waals surface area (Å²) in [6.45, 7) is 3.51. The van der Waals surface area contributed by atoms with Gasteiger partial charge in [0, 0.05) is 11.3 Å². The number of carbonyl (C=O) groups excluding carboxylic acids is 1. The van der Waals surface area contributed by atoms with Crippen LogP contribution in [0.4, 0.5) is 0 Å². The summed E-state index contributed by atoms with van der Waals surface area (Å²) >= 11 is 0. The molecule has 1 rings (SSSR count). The Labute approximate surface area is 85.3 Å². The van der Waals surface area contributed by atoms with Gasteiger partial charge in [0.15, 0.2) is 0 Å². The second kappa shape index (κ2) is 4.59. The van der Waals surface area contributed by atoms with Gasteiger partial charge in [0.1, 0.15) is 0 Å². The van der Waals surface area contributed by atoms with E-state index >= 15 is 0 Å². The number of aromatic amines is 2. The molecule has 0 aliphatic carbocycles. The van der Waals surface area contributed by atoms with Crippen molar-refractivity contribution in [3.63, 3.8) is 0 Å². The van der Waals surface area contributed by atoms with Crippen molar-refractivity contribution >= 4 is 5.97 Å². The molecule has 0 spiro atoms. The summed E-state index contributed by atoms with van der Waals surface area (Å²) in [5.41, 5.74) is -0.515. The van der Waals surface area contributed by atoms with E-state index in [9.17, 15) is 14.4 Å². The predicted octanol–water partition coefficient (Wildman–Crippen LogP) is -0.523. The summed E-state index contributed by atoms with van der Waals surface area (Å²) < 4.78 is 4.70. The highest BCUT2D eigenvalue weighted by Gasteiger charge is 2.11. The summed E-state index contributed by atoms with van der Waals surface area (Å²) in [6, 6.07) is 0. The van der Waals surface area contributed by atoms with E-state index in [1.807, 2.05) is 0 Å². The summed E-state index contributed by atoms with van der Waals surface area (Å²) in [4.78, 5) is 37.8. The lowest BCUT2D eigenvalue weighted by molar-refractivity contribution is -0.142. The monoisotopic (exact) mass is 212 g/mol. The summed E-state index contributed by atoms with van der Waals surface area (Å²) in [5, 5.41) is 0. The Morgan fingerprint density at radius 1 is 1.33 bits per heavy atom. The molecule has 0 aliphatic rings. The lowest BCUT2D eigenvalue weighted by Crippen LogP contribution is -2.28. The summed E-state index contributed by atoms with van der Waals surface area (Å²) in [7, 11) is 0. The number of carbonyl (C=O) groups is 1. The third kappa shape index (κ3) is 2.80. The topological polar surface area (TPSA) is 92.0 Å². The van der Waals surface area contributed by atoms with Gasteiger partial charge >= 0.3 is 11.7 Å². The predicted molar refractivity (Wildman–Crippen MR) is 52.8 cm³/mol. The van der Waals surface area contributed by atoms with Crippen molar-refractivity contribution in [1.82, 2.24) is 9.97 Å². The molecule has 1 heterocycles. The lowest BCUT2D eigenvalue weighted by Gasteiger charge is -2.03. The first-order chi connectivity index (χ1) is 7.04. The number of hydrogen-bond donors (Lipinski definition) is 2. The quantitative estimate of drug-likeness (QED) is 0.659. The molecular formula is C9H12N2O4. The maximum Gasteiger partial charge on any atom is 0.325 e. The van der Waals surface area contributed by atoms with Crippen molar-refractivity contribution in [3.8, 4) is 0 Å². The Balaban J connectivity index is 3.00. The van der Waals surface area contributed by atoms with Gasteiger partial charge in [0.2, 0.25) is 0 Å². The largest absolute Gasteiger partial charge is 0.466 e. The molecule has 2 N–H and O–H groups in total. The number of H-pyrrole nitrogens is 2. The molecule has 0 aliphatic heterocycles. The molecule has 82 valence electrons. The summed E-state index contributed by atoms with van der Waals surface area (Å²) in [6.07, 6.45) is -0.133. The third-order valence-corrected chi connectivity index (χ3v) is 1.88. The molecule has 0 amide bonds. The van der Waals surface area contributed by atoms with Gasteiger partial charge in [-0.1, -0.05) is 0 Å². The molecule has 0 radical (unpaired) electrons. The molecule has 6 heteroatoms. The molecule has 0 saturated heterocycles. The molecule has 1 aromatic rings. The lowest BCUT2D eigenvalue weighted by atomic mass is 10.2. The minimum absolute atomic E-state index is 0.133. The highest BCUT2D eigenvalue weighted by atomic mass is 16.5. The fourth-order valence-corrected chi connectivity index (χ4v) is 1.20. The van der Waals surface area contributed by atoms with Crippen LogP contribution in [0.25, 0.3) is 0 Å². The van der Waals surface area contributed by atoms with Gasteiger partial charge in [-0.05, 0) is 13.8 Å². The van der Waals surface area contributed by atoms with Gasteiger partial charge in [-0.25, -0.2) is 4.79 Å². The van der Waals surface area contributed by atoms with Crippen molar-refractivity contribution in [1.29, 1.82) is 0 Å². The number of aryl methyl sites for hydroxylation is 1. The molecule has 0 bridgehead atoms. The number of rotatable bonds is 3. The Hall–Kier alpha value is -1.85. The van der Waals surface area contributed by atoms with Gasteiger partial charge in [0.25, 0.3) is 5.56 Å². The van der Waals surface area contributed by atoms with Gasteiger partial charge in [-0.15, -0.1) is 0 Å². The van der Waals surface area contributed by atoms with Crippen LogP contribution in [-0.4, -0.2) is 22.5 Å². The van der Waals surface area contributed by atoms with Crippen molar-refractivity contribution < 1.29 is 9.53 Å². The Morgan fingerprint density at radius 2 is 2.00 bits per heavy atom. The first-order valence-electron chi connectivity index (χ1n) is 4.52. The van der Waals surface area contributed by atoms with Crippen LogP contribution in [0.3, 0.4) is 0 Å². The average Bonchev–Trinajstić information content (AvgIpc) is 2.11. The standard InChI is InChI=1S/C9H12N2O4/c1-3-15-7(12)4-6-5(2)10-9(14)11-8(6)13/h3-4H2,1-2H3,(H2,10,11,13,14). The van der Waals surface area contributed by atoms with Crippen LogP contribution in [0, 0.1) is 6.92 Å². The van der Waals surface area contributed by atoms with E-state index in [2.05, 4.69) is 9.97 Å². The van der Waals surface area contributed by atoms with E-state index in [1.165, 1.54) is 0 Å². The molecule has 1 aromatic heterocycles. The van der Waals surface area contributed by atoms with Crippen LogP contribution in [0.15, 0.2) is 9.59 Å². The smallest absolute Gasteiger partial charge is 0.325 e. The van der Waals surface area contributed by atoms with E-state index in [4.69, 9.17) is 4.74 Å². The summed E-state index contributed by atoms with van der Waals surface area (Å²) in [5.74, 6) is -0.488. The fourth-order valence-electron chi connectivity index (χ4n) is 1.20. The van der Waals surface area contributed by atoms with Crippen LogP contribution in [0.1, 0.15) is 18.2 Å². The van der Waals surface area contributed by atoms with E-state index in [1.54, 1.807) is 13.8 Å². The average molecular weight is 212 g/mol. The van der Waals surface area contributed by atoms with Crippen LogP contribution in [0.5, 0.6) is 0 Å². The Morgan fingerprint density at radius 3 is 2.53 bits per heavy atom. The molecule has 0 saturated carbocycles. The number of esters is 1. The van der Waals surface area contributed by atoms with Crippen molar-refractivity contribution in [2.75, 3.05) is 6.61 Å². The normalized spacial score (nSPS) is 10.0. The van der Waals surface area contributed by atoms with Crippen LogP contribution in [0.2, 0.25) is 0 Å². The fraction of sp³-hybridized carbons (Fsp3) is 0.444. The molecule has 0 atom stereocenters. The first-order valence-corrected chi connectivity index (χ1v) is 4.52. The number of hydrogen-bond acceptors (Lipinski definition) is 4. The van der Waals surface area contributed by atoms with Crippen LogP contribution < -0.4 is 11.2 Å². The number of ether oxygens (including phenoxy) is 1. The maximum atomic E-state index is 11.3. The molecule has 0 unspecified atom stereocenters. The van der Waals surface area contributed by atoms with E-state index in [0.29, 0.717) is 5.69 Å².